The minimum atomic E-state index is -0.298. The van der Waals surface area contributed by atoms with E-state index in [1.807, 2.05) is 13.8 Å². The highest BCUT2D eigenvalue weighted by Gasteiger charge is 2.07. The van der Waals surface area contributed by atoms with Crippen LogP contribution >= 0.6 is 0 Å². The lowest BCUT2D eigenvalue weighted by molar-refractivity contribution is -0.173. The van der Waals surface area contributed by atoms with Gasteiger partial charge in [-0.05, 0) is 13.8 Å². The van der Waals surface area contributed by atoms with E-state index in [0.29, 0.717) is 33.0 Å². The Bertz CT molecular complexity index is 127. The molecular formula is C10H20O4. The Morgan fingerprint density at radius 2 is 1.93 bits per heavy atom. The zero-order valence-corrected chi connectivity index (χ0v) is 9.03. The minimum absolute atomic E-state index is 0.298. The van der Waals surface area contributed by atoms with E-state index in [0.717, 1.165) is 0 Å². The van der Waals surface area contributed by atoms with Crippen molar-refractivity contribution in [1.82, 2.24) is 0 Å². The van der Waals surface area contributed by atoms with E-state index in [1.165, 1.54) is 6.26 Å². The predicted molar refractivity (Wildman–Crippen MR) is 54.0 cm³/mol. The third kappa shape index (κ3) is 8.04. The van der Waals surface area contributed by atoms with Crippen molar-refractivity contribution in [1.29, 1.82) is 0 Å². The molecule has 14 heavy (non-hydrogen) atoms. The van der Waals surface area contributed by atoms with Crippen molar-refractivity contribution in [2.75, 3.05) is 33.0 Å². The van der Waals surface area contributed by atoms with Crippen LogP contribution in [0.15, 0.2) is 12.8 Å². The SMILES string of the molecule is C=COCCOC(COCC)OCC. The molecule has 0 fully saturated rings. The van der Waals surface area contributed by atoms with Crippen molar-refractivity contribution < 1.29 is 18.9 Å². The summed E-state index contributed by atoms with van der Waals surface area (Å²) >= 11 is 0. The van der Waals surface area contributed by atoms with Crippen LogP contribution in [0.5, 0.6) is 0 Å². The lowest BCUT2D eigenvalue weighted by Gasteiger charge is -2.17. The molecule has 0 radical (unpaired) electrons. The molecule has 1 unspecified atom stereocenters. The van der Waals surface area contributed by atoms with Crippen molar-refractivity contribution in [2.45, 2.75) is 20.1 Å². The second-order valence-corrected chi connectivity index (χ2v) is 2.45. The molecule has 4 nitrogen and oxygen atoms in total. The van der Waals surface area contributed by atoms with Crippen LogP contribution in [-0.2, 0) is 18.9 Å². The van der Waals surface area contributed by atoms with Crippen molar-refractivity contribution in [2.24, 2.45) is 0 Å². The van der Waals surface area contributed by atoms with E-state index in [-0.39, 0.29) is 6.29 Å². The minimum Gasteiger partial charge on any atom is -0.499 e. The summed E-state index contributed by atoms with van der Waals surface area (Å²) in [7, 11) is 0. The van der Waals surface area contributed by atoms with Gasteiger partial charge in [0.15, 0.2) is 6.29 Å². The normalized spacial score (nSPS) is 12.4. The summed E-state index contributed by atoms with van der Waals surface area (Å²) in [6, 6.07) is 0. The van der Waals surface area contributed by atoms with E-state index in [1.54, 1.807) is 0 Å². The number of hydrogen-bond acceptors (Lipinski definition) is 4. The maximum Gasteiger partial charge on any atom is 0.180 e. The molecule has 0 heterocycles. The van der Waals surface area contributed by atoms with Crippen LogP contribution in [0, 0.1) is 0 Å². The molecule has 0 aliphatic carbocycles. The second-order valence-electron chi connectivity index (χ2n) is 2.45. The van der Waals surface area contributed by atoms with Crippen LogP contribution in [0.2, 0.25) is 0 Å². The van der Waals surface area contributed by atoms with Gasteiger partial charge in [-0.3, -0.25) is 0 Å². The van der Waals surface area contributed by atoms with Gasteiger partial charge in [-0.1, -0.05) is 6.58 Å². The molecule has 0 aromatic heterocycles. The van der Waals surface area contributed by atoms with Crippen LogP contribution < -0.4 is 0 Å². The van der Waals surface area contributed by atoms with Gasteiger partial charge in [0.1, 0.15) is 6.61 Å². The average Bonchev–Trinajstić information content (AvgIpc) is 2.20. The first-order chi connectivity index (χ1) is 6.85. The Balaban J connectivity index is 3.45. The monoisotopic (exact) mass is 204 g/mol. The largest absolute Gasteiger partial charge is 0.499 e. The van der Waals surface area contributed by atoms with Crippen molar-refractivity contribution in [3.8, 4) is 0 Å². The molecule has 0 amide bonds. The van der Waals surface area contributed by atoms with Crippen LogP contribution in [0.25, 0.3) is 0 Å². The average molecular weight is 204 g/mol. The summed E-state index contributed by atoms with van der Waals surface area (Å²) in [4.78, 5) is 0. The summed E-state index contributed by atoms with van der Waals surface area (Å²) in [5.74, 6) is 0. The molecule has 0 rings (SSSR count). The molecule has 0 saturated heterocycles. The molecule has 1 atom stereocenters. The van der Waals surface area contributed by atoms with Gasteiger partial charge in [0.25, 0.3) is 0 Å². The molecule has 0 aliphatic heterocycles. The summed E-state index contributed by atoms with van der Waals surface area (Å²) in [6.07, 6.45) is 1.09. The molecule has 0 bridgehead atoms. The van der Waals surface area contributed by atoms with Gasteiger partial charge < -0.3 is 18.9 Å². The first-order valence-electron chi connectivity index (χ1n) is 4.88. The van der Waals surface area contributed by atoms with Gasteiger partial charge in [0, 0.05) is 13.2 Å². The zero-order valence-electron chi connectivity index (χ0n) is 9.03. The van der Waals surface area contributed by atoms with E-state index >= 15 is 0 Å². The highest BCUT2D eigenvalue weighted by atomic mass is 16.7. The van der Waals surface area contributed by atoms with Gasteiger partial charge >= 0.3 is 0 Å². The lowest BCUT2D eigenvalue weighted by Crippen LogP contribution is -2.25. The van der Waals surface area contributed by atoms with Crippen LogP contribution in [0.4, 0.5) is 0 Å². The van der Waals surface area contributed by atoms with Gasteiger partial charge in [-0.25, -0.2) is 0 Å². The molecule has 4 heteroatoms. The molecule has 0 saturated carbocycles. The second kappa shape index (κ2) is 10.5. The fraction of sp³-hybridized carbons (Fsp3) is 0.800. The van der Waals surface area contributed by atoms with Crippen molar-refractivity contribution in [3.63, 3.8) is 0 Å². The molecule has 84 valence electrons. The molecule has 0 aromatic carbocycles. The molecule has 0 spiro atoms. The predicted octanol–water partition coefficient (Wildman–Crippen LogP) is 1.56. The van der Waals surface area contributed by atoms with Gasteiger partial charge in [0.05, 0.1) is 19.5 Å². The fourth-order valence-electron chi connectivity index (χ4n) is 0.855. The number of rotatable bonds is 10. The summed E-state index contributed by atoms with van der Waals surface area (Å²) in [6.45, 7) is 9.98. The summed E-state index contributed by atoms with van der Waals surface area (Å²) < 4.78 is 20.8. The first kappa shape index (κ1) is 13.4. The fourth-order valence-corrected chi connectivity index (χ4v) is 0.855. The summed E-state index contributed by atoms with van der Waals surface area (Å²) in [5, 5.41) is 0. The molecule has 0 aliphatic rings. The molecule has 0 N–H and O–H groups in total. The lowest BCUT2D eigenvalue weighted by atomic mass is 10.6. The Labute approximate surface area is 85.8 Å². The van der Waals surface area contributed by atoms with Crippen molar-refractivity contribution in [3.05, 3.63) is 12.8 Å². The third-order valence-electron chi connectivity index (χ3n) is 1.43. The molecular weight excluding hydrogens is 184 g/mol. The number of hydrogen-bond donors (Lipinski definition) is 0. The highest BCUT2D eigenvalue weighted by Crippen LogP contribution is 1.96. The maximum absolute atomic E-state index is 5.37. The van der Waals surface area contributed by atoms with E-state index in [2.05, 4.69) is 6.58 Å². The van der Waals surface area contributed by atoms with E-state index in [9.17, 15) is 0 Å². The Morgan fingerprint density at radius 3 is 2.50 bits per heavy atom. The summed E-state index contributed by atoms with van der Waals surface area (Å²) in [5.41, 5.74) is 0. The van der Waals surface area contributed by atoms with E-state index in [4.69, 9.17) is 18.9 Å². The molecule has 0 aromatic rings. The van der Waals surface area contributed by atoms with Gasteiger partial charge in [0.2, 0.25) is 0 Å². The highest BCUT2D eigenvalue weighted by molar-refractivity contribution is 4.48. The van der Waals surface area contributed by atoms with Gasteiger partial charge in [-0.15, -0.1) is 0 Å². The van der Waals surface area contributed by atoms with Crippen LogP contribution in [-0.4, -0.2) is 39.3 Å². The maximum atomic E-state index is 5.37. The third-order valence-corrected chi connectivity index (χ3v) is 1.43. The quantitative estimate of drug-likeness (QED) is 0.307. The smallest absolute Gasteiger partial charge is 0.180 e. The van der Waals surface area contributed by atoms with Gasteiger partial charge in [-0.2, -0.15) is 0 Å². The zero-order chi connectivity index (χ0) is 10.6. The Kier molecular flexibility index (Phi) is 10.1. The standard InChI is InChI=1S/C10H20O4/c1-4-11-7-8-14-10(13-6-3)9-12-5-2/h4,10H,1,5-9H2,2-3H3. The Morgan fingerprint density at radius 1 is 1.14 bits per heavy atom. The van der Waals surface area contributed by atoms with E-state index < -0.39 is 0 Å². The Hall–Kier alpha value is -0.580. The topological polar surface area (TPSA) is 36.9 Å². The van der Waals surface area contributed by atoms with Crippen LogP contribution in [0.1, 0.15) is 13.8 Å². The van der Waals surface area contributed by atoms with Crippen LogP contribution in [0.3, 0.4) is 0 Å². The first-order valence-corrected chi connectivity index (χ1v) is 4.88. The van der Waals surface area contributed by atoms with Crippen molar-refractivity contribution >= 4 is 0 Å². The number of ether oxygens (including phenoxy) is 4.